The highest BCUT2D eigenvalue weighted by molar-refractivity contribution is 6.01. The molecule has 0 aliphatic carbocycles. The molecule has 782 valence electrons. The lowest BCUT2D eigenvalue weighted by molar-refractivity contribution is -0.136. The number of nitrogens with two attached hydrogens (primary N) is 10. The standard InChI is InChI=1S/C97H158N28O16/c1-60(2)79(104)95(141)119-71(44-22-28-52-103)84(130)115-73(46-30-54-111-97(108)109)88(134)121-75(56-63-33-11-6-12-34-63)91(137)116-66(39-17-23-47-98)82(128)112-68(41-19-25-49-100)87(133)122-77(58-65-37-15-8-16-38-65)93(139)123-76(57-64-35-13-7-14-36-64)92(138)118-72(45-29-53-110-96(106)107)85(131)113-69(42-20-26-50-101)86(132)120-74(55-62-31-9-5-10-32-62)90(136)117-67(40-18-24-48-99)83(129)114-70(43-21-27-51-102)89(135)124-78(59-126)94(140)125-80(61(3)4)81(105)127/h5-16,31-38,60-61,66-80,126H,17-30,39-59,98-104H2,1-4H3,(H2,105,127)(H,112,128)(H,113,131)(H,114,129)(H,115,130)(H,116,137)(H,117,136)(H,118,138)(H,119,141)(H,120,132)(H,121,134)(H,122,133)(H,123,139)(H,124,135)(H,125,140)(H4,106,107,110)(H4,108,109,111)/t66-,67-,68-,69+,70+,71+,72+,73-,74-,75+,76-,77-,78+,79+,80+/m0/s1. The topological polar surface area (TPSA) is 777 Å². The largest absolute Gasteiger partial charge is 0.394 e. The van der Waals surface area contributed by atoms with Crippen LogP contribution in [0.1, 0.15) is 191 Å². The number of aliphatic hydroxyl groups excluding tert-OH is 1. The van der Waals surface area contributed by atoms with Gasteiger partial charge in [0, 0.05) is 38.8 Å². The van der Waals surface area contributed by atoms with Crippen LogP contribution in [0.25, 0.3) is 0 Å². The van der Waals surface area contributed by atoms with E-state index in [1.807, 2.05) is 0 Å². The number of carbonyl (C=O) groups is 15. The van der Waals surface area contributed by atoms with E-state index in [1.54, 1.807) is 149 Å². The van der Waals surface area contributed by atoms with Crippen LogP contribution in [-0.2, 0) is 97.6 Å². The number of aliphatic hydroxyl groups is 1. The quantitative estimate of drug-likeness (QED) is 0.0114. The number of hydrogen-bond acceptors (Lipinski definition) is 25. The minimum atomic E-state index is -1.60. The van der Waals surface area contributed by atoms with Gasteiger partial charge in [-0.3, -0.25) is 82.7 Å². The third-order valence-electron chi connectivity index (χ3n) is 23.5. The number of unbranched alkanes of at least 4 members (excludes halogenated alkanes) is 6. The zero-order valence-electron chi connectivity index (χ0n) is 82.0. The summed E-state index contributed by atoms with van der Waals surface area (Å²) in [5, 5.41) is 69.7. The van der Waals surface area contributed by atoms with Gasteiger partial charge in [0.15, 0.2) is 11.9 Å². The summed E-state index contributed by atoms with van der Waals surface area (Å²) in [4.78, 5) is 219. The van der Waals surface area contributed by atoms with Crippen LogP contribution in [-0.4, -0.2) is 255 Å². The molecule has 0 saturated heterocycles. The van der Waals surface area contributed by atoms with Crippen molar-refractivity contribution in [2.45, 2.75) is 285 Å². The summed E-state index contributed by atoms with van der Waals surface area (Å²) in [5.74, 6) is -14.3. The smallest absolute Gasteiger partial charge is 0.245 e. The molecule has 15 amide bonds. The van der Waals surface area contributed by atoms with Crippen LogP contribution in [0.2, 0.25) is 0 Å². The maximum Gasteiger partial charge on any atom is 0.245 e. The van der Waals surface area contributed by atoms with Crippen molar-refractivity contribution in [3.63, 3.8) is 0 Å². The lowest BCUT2D eigenvalue weighted by Gasteiger charge is -2.29. The summed E-state index contributed by atoms with van der Waals surface area (Å²) < 4.78 is 0. The fraction of sp³-hybridized carbons (Fsp3) is 0.577. The third kappa shape index (κ3) is 47.3. The van der Waals surface area contributed by atoms with E-state index in [0.29, 0.717) is 80.2 Å². The molecule has 0 aromatic heterocycles. The van der Waals surface area contributed by atoms with Gasteiger partial charge in [0.1, 0.15) is 84.6 Å². The Morgan fingerprint density at radius 3 is 0.624 bits per heavy atom. The van der Waals surface area contributed by atoms with Gasteiger partial charge in [-0.25, -0.2) is 0 Å². The molecule has 0 bridgehead atoms. The highest BCUT2D eigenvalue weighted by atomic mass is 16.3. The van der Waals surface area contributed by atoms with E-state index in [4.69, 9.17) is 68.2 Å². The molecule has 0 heterocycles. The van der Waals surface area contributed by atoms with Crippen LogP contribution in [0.4, 0.5) is 0 Å². The van der Waals surface area contributed by atoms with Crippen molar-refractivity contribution in [3.05, 3.63) is 144 Å². The minimum absolute atomic E-state index is 0.00449. The molecule has 4 rings (SSSR count). The highest BCUT2D eigenvalue weighted by Gasteiger charge is 2.40. The lowest BCUT2D eigenvalue weighted by Crippen LogP contribution is -2.61. The Hall–Kier alpha value is -12.8. The number of primary amides is 1. The van der Waals surface area contributed by atoms with Crippen molar-refractivity contribution in [2.24, 2.45) is 69.2 Å². The fourth-order valence-corrected chi connectivity index (χ4v) is 15.3. The number of hydrogen-bond donors (Lipinski definition) is 29. The molecule has 4 aromatic rings. The van der Waals surface area contributed by atoms with Gasteiger partial charge in [-0.2, -0.15) is 0 Å². The summed E-state index contributed by atoms with van der Waals surface area (Å²) >= 11 is 0. The molecule has 44 nitrogen and oxygen atoms in total. The molecule has 0 aliphatic heterocycles. The van der Waals surface area contributed by atoms with Crippen molar-refractivity contribution in [1.29, 1.82) is 10.8 Å². The predicted molar refractivity (Wildman–Crippen MR) is 537 cm³/mol. The first kappa shape index (κ1) is 120. The van der Waals surface area contributed by atoms with Crippen LogP contribution in [0.5, 0.6) is 0 Å². The summed E-state index contributed by atoms with van der Waals surface area (Å²) in [5.41, 5.74) is 60.8. The van der Waals surface area contributed by atoms with Gasteiger partial charge in [-0.15, -0.1) is 0 Å². The molecule has 141 heavy (non-hydrogen) atoms. The Balaban J connectivity index is 1.78. The third-order valence-corrected chi connectivity index (χ3v) is 23.5. The number of carbonyl (C=O) groups excluding carboxylic acids is 15. The van der Waals surface area contributed by atoms with Crippen LogP contribution in [0.15, 0.2) is 121 Å². The van der Waals surface area contributed by atoms with E-state index in [2.05, 4.69) is 85.1 Å². The molecule has 0 saturated carbocycles. The molecule has 0 fully saturated rings. The van der Waals surface area contributed by atoms with Gasteiger partial charge >= 0.3 is 0 Å². The van der Waals surface area contributed by atoms with Gasteiger partial charge in [0.2, 0.25) is 88.6 Å². The molecular formula is C97H158N28O16. The second kappa shape index (κ2) is 68.3. The van der Waals surface area contributed by atoms with Gasteiger partial charge in [0.05, 0.1) is 12.6 Å². The molecular weight excluding hydrogens is 1810 g/mol. The van der Waals surface area contributed by atoms with Crippen molar-refractivity contribution >= 4 is 101 Å². The second-order valence-electron chi connectivity index (χ2n) is 35.8. The minimum Gasteiger partial charge on any atom is -0.394 e. The van der Waals surface area contributed by atoms with E-state index in [-0.39, 0.29) is 173 Å². The molecule has 15 atom stereocenters. The van der Waals surface area contributed by atoms with Gasteiger partial charge in [-0.1, -0.05) is 149 Å². The fourth-order valence-electron chi connectivity index (χ4n) is 15.3. The highest BCUT2D eigenvalue weighted by Crippen LogP contribution is 2.18. The molecule has 4 aromatic carbocycles. The number of guanidine groups is 2. The van der Waals surface area contributed by atoms with E-state index >= 15 is 38.4 Å². The summed E-state index contributed by atoms with van der Waals surface area (Å²) in [7, 11) is 0. The van der Waals surface area contributed by atoms with Crippen LogP contribution < -0.4 is 142 Å². The maximum atomic E-state index is 15.5. The van der Waals surface area contributed by atoms with Crippen molar-refractivity contribution in [1.82, 2.24) is 85.1 Å². The van der Waals surface area contributed by atoms with Gasteiger partial charge in [-0.05, 0) is 215 Å². The normalized spacial score (nSPS) is 14.4. The van der Waals surface area contributed by atoms with E-state index in [0.717, 1.165) is 0 Å². The second-order valence-corrected chi connectivity index (χ2v) is 35.8. The maximum absolute atomic E-state index is 15.5. The van der Waals surface area contributed by atoms with Crippen molar-refractivity contribution < 1.29 is 77.0 Å². The Bertz CT molecular complexity index is 4510. The SMILES string of the molecule is CC(C)[C@@H](N)C(=O)N[C@H](CCCCN)C(=O)N[C@@H](CCCNC(=N)N)C(=O)N[C@H](Cc1ccccc1)C(=O)N[C@@H](CCCCN)C(=O)N[C@@H](CCCCN)C(=O)N[C@@H](Cc1ccccc1)C(=O)N[C@@H](Cc1ccccc1)C(=O)N[C@H](CCCNC(=N)N)C(=O)N[C@H](CCCCN)C(=O)N[C@@H](Cc1ccccc1)C(=O)N[C@@H](CCCCN)C(=O)N[C@H](CCCCN)C(=O)N[C@H](CO)C(=O)N[C@@H](C(N)=O)C(C)C. The van der Waals surface area contributed by atoms with Crippen LogP contribution in [0, 0.1) is 22.7 Å². The number of benzene rings is 4. The first-order valence-corrected chi connectivity index (χ1v) is 48.9. The van der Waals surface area contributed by atoms with Crippen LogP contribution >= 0.6 is 0 Å². The summed E-state index contributed by atoms with van der Waals surface area (Å²) in [6.45, 7) is 7.17. The van der Waals surface area contributed by atoms with Crippen molar-refractivity contribution in [2.75, 3.05) is 59.0 Å². The monoisotopic (exact) mass is 1970 g/mol. The lowest BCUT2D eigenvalue weighted by atomic mass is 10.0. The predicted octanol–water partition coefficient (Wildman–Crippen LogP) is -3.84. The Morgan fingerprint density at radius 1 is 0.255 bits per heavy atom. The first-order valence-electron chi connectivity index (χ1n) is 48.9. The number of nitrogens with one attached hydrogen (secondary N) is 18. The summed E-state index contributed by atoms with van der Waals surface area (Å²) in [6, 6.07) is 13.3. The zero-order chi connectivity index (χ0) is 104. The van der Waals surface area contributed by atoms with Crippen molar-refractivity contribution in [3.8, 4) is 0 Å². The summed E-state index contributed by atoms with van der Waals surface area (Å²) in [6.07, 6.45) is 3.22. The molecule has 0 radical (unpaired) electrons. The zero-order valence-corrected chi connectivity index (χ0v) is 82.0. The van der Waals surface area contributed by atoms with E-state index in [1.165, 1.54) is 0 Å². The molecule has 0 spiro atoms. The Labute approximate surface area is 826 Å². The Morgan fingerprint density at radius 2 is 0.440 bits per heavy atom. The van der Waals surface area contributed by atoms with Gasteiger partial charge < -0.3 is 148 Å². The molecule has 44 heteroatoms. The number of rotatable bonds is 72. The van der Waals surface area contributed by atoms with Gasteiger partial charge in [0.25, 0.3) is 0 Å². The molecule has 0 aliphatic rings. The first-order chi connectivity index (χ1) is 67.5. The molecule has 0 unspecified atom stereocenters. The van der Waals surface area contributed by atoms with Crippen LogP contribution in [0.3, 0.4) is 0 Å². The molecule has 39 N–H and O–H groups in total. The average molecular weight is 1970 g/mol. The Kier molecular flexibility index (Phi) is 58.3. The average Bonchev–Trinajstić information content (AvgIpc) is 0.846. The van der Waals surface area contributed by atoms with E-state index in [9.17, 15) is 38.7 Å². The number of amides is 15. The van der Waals surface area contributed by atoms with E-state index < -0.39 is 198 Å².